The maximum Gasteiger partial charge on any atom is 0.0503 e. The third-order valence-electron chi connectivity index (χ3n) is 3.88. The zero-order valence-corrected chi connectivity index (χ0v) is 11.9. The fraction of sp³-hybridized carbons (Fsp3) is 1.00. The van der Waals surface area contributed by atoms with Crippen molar-refractivity contribution in [1.29, 1.82) is 0 Å². The lowest BCUT2D eigenvalue weighted by Gasteiger charge is -2.42. The lowest BCUT2D eigenvalue weighted by Crippen LogP contribution is -2.55. The standard InChI is InChI=1S/C13H29N3O/c1-11(2)15-5-7-16(8-6-15)13(9-14)12(3)10-17-4/h11-13H,5-10,14H2,1-4H3. The number of hydrogen-bond donors (Lipinski definition) is 1. The predicted octanol–water partition coefficient (Wildman–Crippen LogP) is 0.622. The first-order valence-electron chi connectivity index (χ1n) is 6.77. The lowest BCUT2D eigenvalue weighted by atomic mass is 10.0. The highest BCUT2D eigenvalue weighted by Gasteiger charge is 2.27. The summed E-state index contributed by atoms with van der Waals surface area (Å²) in [5.74, 6) is 0.510. The Kier molecular flexibility index (Phi) is 6.41. The van der Waals surface area contributed by atoms with Crippen molar-refractivity contribution in [2.45, 2.75) is 32.9 Å². The Morgan fingerprint density at radius 1 is 1.06 bits per heavy atom. The molecule has 0 aliphatic carbocycles. The van der Waals surface area contributed by atoms with E-state index < -0.39 is 0 Å². The topological polar surface area (TPSA) is 41.7 Å². The summed E-state index contributed by atoms with van der Waals surface area (Å²) in [5, 5.41) is 0. The maximum absolute atomic E-state index is 5.92. The molecule has 1 heterocycles. The minimum absolute atomic E-state index is 0.462. The average molecular weight is 243 g/mol. The van der Waals surface area contributed by atoms with Crippen molar-refractivity contribution in [3.63, 3.8) is 0 Å². The van der Waals surface area contributed by atoms with Crippen LogP contribution in [0.2, 0.25) is 0 Å². The van der Waals surface area contributed by atoms with E-state index in [0.29, 0.717) is 18.0 Å². The van der Waals surface area contributed by atoms with E-state index in [0.717, 1.165) is 39.3 Å². The Bertz CT molecular complexity index is 203. The second-order valence-corrected chi connectivity index (χ2v) is 5.40. The molecule has 4 nitrogen and oxygen atoms in total. The van der Waals surface area contributed by atoms with Gasteiger partial charge in [-0.15, -0.1) is 0 Å². The molecular formula is C13H29N3O. The number of nitrogens with two attached hydrogens (primary N) is 1. The largest absolute Gasteiger partial charge is 0.384 e. The molecule has 0 amide bonds. The molecule has 0 saturated carbocycles. The molecule has 1 aliphatic heterocycles. The molecule has 0 spiro atoms. The molecule has 0 radical (unpaired) electrons. The molecule has 17 heavy (non-hydrogen) atoms. The van der Waals surface area contributed by atoms with Crippen LogP contribution in [-0.4, -0.2) is 68.3 Å². The van der Waals surface area contributed by atoms with Crippen LogP contribution in [0.1, 0.15) is 20.8 Å². The SMILES string of the molecule is COCC(C)C(CN)N1CCN(C(C)C)CC1. The van der Waals surface area contributed by atoms with Gasteiger partial charge < -0.3 is 10.5 Å². The van der Waals surface area contributed by atoms with Gasteiger partial charge in [0.25, 0.3) is 0 Å². The number of rotatable bonds is 6. The monoisotopic (exact) mass is 243 g/mol. The van der Waals surface area contributed by atoms with E-state index in [1.54, 1.807) is 7.11 Å². The van der Waals surface area contributed by atoms with Gasteiger partial charge in [0.15, 0.2) is 0 Å². The molecule has 2 N–H and O–H groups in total. The molecule has 0 aromatic rings. The molecule has 1 saturated heterocycles. The second kappa shape index (κ2) is 7.31. The van der Waals surface area contributed by atoms with Gasteiger partial charge in [-0.25, -0.2) is 0 Å². The van der Waals surface area contributed by atoms with Gasteiger partial charge in [0.2, 0.25) is 0 Å². The van der Waals surface area contributed by atoms with Gasteiger partial charge >= 0.3 is 0 Å². The van der Waals surface area contributed by atoms with Gasteiger partial charge in [0.1, 0.15) is 0 Å². The van der Waals surface area contributed by atoms with Gasteiger partial charge in [-0.1, -0.05) is 6.92 Å². The van der Waals surface area contributed by atoms with E-state index in [-0.39, 0.29) is 0 Å². The Hall–Kier alpha value is -0.160. The molecule has 1 rings (SSSR count). The van der Waals surface area contributed by atoms with Gasteiger partial charge in [0, 0.05) is 51.9 Å². The van der Waals surface area contributed by atoms with Crippen molar-refractivity contribution in [2.24, 2.45) is 11.7 Å². The van der Waals surface area contributed by atoms with Gasteiger partial charge in [-0.2, -0.15) is 0 Å². The molecule has 4 heteroatoms. The fourth-order valence-corrected chi connectivity index (χ4v) is 2.70. The minimum atomic E-state index is 0.462. The third kappa shape index (κ3) is 4.21. The Balaban J connectivity index is 2.44. The van der Waals surface area contributed by atoms with Crippen LogP contribution >= 0.6 is 0 Å². The molecule has 1 aliphatic rings. The minimum Gasteiger partial charge on any atom is -0.384 e. The number of nitrogens with zero attached hydrogens (tertiary/aromatic N) is 2. The van der Waals surface area contributed by atoms with Crippen LogP contribution in [0.25, 0.3) is 0 Å². The molecule has 102 valence electrons. The molecular weight excluding hydrogens is 214 g/mol. The Labute approximate surface area is 106 Å². The van der Waals surface area contributed by atoms with Crippen LogP contribution in [0.4, 0.5) is 0 Å². The molecule has 2 atom stereocenters. The van der Waals surface area contributed by atoms with Crippen molar-refractivity contribution in [1.82, 2.24) is 9.80 Å². The summed E-state index contributed by atoms with van der Waals surface area (Å²) in [6.45, 7) is 12.9. The highest BCUT2D eigenvalue weighted by atomic mass is 16.5. The van der Waals surface area contributed by atoms with Crippen LogP contribution in [-0.2, 0) is 4.74 Å². The fourth-order valence-electron chi connectivity index (χ4n) is 2.70. The highest BCUT2D eigenvalue weighted by Crippen LogP contribution is 2.14. The van der Waals surface area contributed by atoms with Crippen LogP contribution in [0, 0.1) is 5.92 Å². The Morgan fingerprint density at radius 2 is 1.59 bits per heavy atom. The molecule has 0 aromatic carbocycles. The second-order valence-electron chi connectivity index (χ2n) is 5.40. The van der Waals surface area contributed by atoms with Crippen molar-refractivity contribution in [3.8, 4) is 0 Å². The summed E-state index contributed by atoms with van der Waals surface area (Å²) >= 11 is 0. The van der Waals surface area contributed by atoms with Gasteiger partial charge in [0.05, 0.1) is 6.61 Å². The van der Waals surface area contributed by atoms with Crippen molar-refractivity contribution < 1.29 is 4.74 Å². The van der Waals surface area contributed by atoms with Crippen molar-refractivity contribution in [3.05, 3.63) is 0 Å². The van der Waals surface area contributed by atoms with Crippen LogP contribution in [0.3, 0.4) is 0 Å². The quantitative estimate of drug-likeness (QED) is 0.743. The highest BCUT2D eigenvalue weighted by molar-refractivity contribution is 4.83. The third-order valence-corrected chi connectivity index (χ3v) is 3.88. The first kappa shape index (κ1) is 14.9. The zero-order valence-electron chi connectivity index (χ0n) is 11.9. The van der Waals surface area contributed by atoms with Crippen LogP contribution in [0.5, 0.6) is 0 Å². The summed E-state index contributed by atoms with van der Waals surface area (Å²) in [7, 11) is 1.76. The van der Waals surface area contributed by atoms with E-state index in [2.05, 4.69) is 30.6 Å². The summed E-state index contributed by atoms with van der Waals surface area (Å²) < 4.78 is 5.24. The average Bonchev–Trinajstić information content (AvgIpc) is 2.31. The maximum atomic E-state index is 5.92. The molecule has 0 bridgehead atoms. The number of piperazine rings is 1. The van der Waals surface area contributed by atoms with E-state index >= 15 is 0 Å². The summed E-state index contributed by atoms with van der Waals surface area (Å²) in [5.41, 5.74) is 5.92. The molecule has 1 fully saturated rings. The molecule has 0 aromatic heterocycles. The predicted molar refractivity (Wildman–Crippen MR) is 72.2 cm³/mol. The van der Waals surface area contributed by atoms with Gasteiger partial charge in [-0.05, 0) is 19.8 Å². The van der Waals surface area contributed by atoms with Crippen molar-refractivity contribution >= 4 is 0 Å². The van der Waals surface area contributed by atoms with E-state index in [1.807, 2.05) is 0 Å². The van der Waals surface area contributed by atoms with E-state index in [4.69, 9.17) is 10.5 Å². The van der Waals surface area contributed by atoms with Crippen LogP contribution in [0.15, 0.2) is 0 Å². The first-order valence-corrected chi connectivity index (χ1v) is 6.77. The normalized spacial score (nSPS) is 22.9. The van der Waals surface area contributed by atoms with E-state index in [9.17, 15) is 0 Å². The summed E-state index contributed by atoms with van der Waals surface area (Å²) in [6.07, 6.45) is 0. The first-order chi connectivity index (χ1) is 8.10. The lowest BCUT2D eigenvalue weighted by molar-refractivity contribution is 0.0396. The Morgan fingerprint density at radius 3 is 2.00 bits per heavy atom. The van der Waals surface area contributed by atoms with E-state index in [1.165, 1.54) is 0 Å². The van der Waals surface area contributed by atoms with Gasteiger partial charge in [-0.3, -0.25) is 9.80 Å². The van der Waals surface area contributed by atoms with Crippen molar-refractivity contribution in [2.75, 3.05) is 46.4 Å². The summed E-state index contributed by atoms with van der Waals surface area (Å²) in [6, 6.07) is 1.12. The number of ether oxygens (including phenoxy) is 1. The smallest absolute Gasteiger partial charge is 0.0503 e. The number of hydrogen-bond acceptors (Lipinski definition) is 4. The van der Waals surface area contributed by atoms with Crippen LogP contribution < -0.4 is 5.73 Å². The number of methoxy groups -OCH3 is 1. The summed E-state index contributed by atoms with van der Waals surface area (Å²) in [4.78, 5) is 5.06. The zero-order chi connectivity index (χ0) is 12.8. The molecule has 2 unspecified atom stereocenters.